The van der Waals surface area contributed by atoms with E-state index in [1.165, 1.54) is 36.4 Å². The quantitative estimate of drug-likeness (QED) is 0.250. The number of anilines is 2. The van der Waals surface area contributed by atoms with Gasteiger partial charge >= 0.3 is 11.0 Å². The van der Waals surface area contributed by atoms with Gasteiger partial charge in [-0.3, -0.25) is 24.9 Å². The van der Waals surface area contributed by atoms with Gasteiger partial charge in [0, 0.05) is 10.2 Å². The molecule has 0 spiro atoms. The van der Waals surface area contributed by atoms with Crippen LogP contribution in [0.3, 0.4) is 0 Å². The molecule has 1 amide bonds. The van der Waals surface area contributed by atoms with Crippen molar-refractivity contribution in [2.24, 2.45) is 0 Å². The van der Waals surface area contributed by atoms with Crippen LogP contribution in [0.1, 0.15) is 10.4 Å². The lowest BCUT2D eigenvalue weighted by Crippen LogP contribution is -2.20. The predicted octanol–water partition coefficient (Wildman–Crippen LogP) is 3.41. The monoisotopic (exact) mass is 540 g/mol. The van der Waals surface area contributed by atoms with E-state index in [0.29, 0.717) is 11.3 Å². The molecule has 0 saturated heterocycles. The lowest BCUT2D eigenvalue weighted by molar-refractivity contribution is -0.380. The van der Waals surface area contributed by atoms with Crippen molar-refractivity contribution in [1.29, 1.82) is 0 Å². The number of ether oxygens (including phenoxy) is 1. The first-order chi connectivity index (χ1) is 15.1. The number of sulfonamides is 1. The van der Waals surface area contributed by atoms with E-state index in [4.69, 9.17) is 4.74 Å². The van der Waals surface area contributed by atoms with Gasteiger partial charge < -0.3 is 4.74 Å². The molecule has 32 heavy (non-hydrogen) atoms. The molecule has 0 atom stereocenters. The highest BCUT2D eigenvalue weighted by atomic mass is 79.9. The Kier molecular flexibility index (Phi) is 7.17. The van der Waals surface area contributed by atoms with Gasteiger partial charge in [-0.1, -0.05) is 15.9 Å². The molecular weight excluding hydrogens is 528 g/mol. The van der Waals surface area contributed by atoms with E-state index in [9.17, 15) is 28.1 Å². The number of nitrogens with one attached hydrogen (secondary N) is 2. The van der Waals surface area contributed by atoms with Crippen molar-refractivity contribution >= 4 is 65.0 Å². The minimum absolute atomic E-state index is 0.000148. The van der Waals surface area contributed by atoms with Crippen LogP contribution in [0.2, 0.25) is 0 Å². The van der Waals surface area contributed by atoms with E-state index in [2.05, 4.69) is 31.0 Å². The maximum absolute atomic E-state index is 12.4. The summed E-state index contributed by atoms with van der Waals surface area (Å²) < 4.78 is 32.8. The van der Waals surface area contributed by atoms with Gasteiger partial charge in [-0.25, -0.2) is 18.2 Å². The standard InChI is InChI=1S/C18H13BrN4O7S2/c19-12-3-7-14(8-4-12)32(28,29)22-13-5-1-11(2-6-13)17(25)30-10-15(24)21-18-20-9-16(31-18)23(26)27/h1-9,22H,10H2,(H,20,21,24). The number of hydrogen-bond donors (Lipinski definition) is 2. The number of carbonyl (C=O) groups excluding carboxylic acids is 2. The summed E-state index contributed by atoms with van der Waals surface area (Å²) in [5.74, 6) is -1.53. The highest BCUT2D eigenvalue weighted by Gasteiger charge is 2.17. The van der Waals surface area contributed by atoms with Crippen molar-refractivity contribution < 1.29 is 27.7 Å². The second-order valence-electron chi connectivity index (χ2n) is 6.02. The molecule has 166 valence electrons. The summed E-state index contributed by atoms with van der Waals surface area (Å²) in [4.78, 5) is 37.6. The van der Waals surface area contributed by atoms with Gasteiger partial charge in [0.1, 0.15) is 6.20 Å². The number of nitro groups is 1. The fourth-order valence-electron chi connectivity index (χ4n) is 2.28. The summed E-state index contributed by atoms with van der Waals surface area (Å²) in [6.45, 7) is -0.635. The summed E-state index contributed by atoms with van der Waals surface area (Å²) >= 11 is 3.90. The molecule has 0 fully saturated rings. The second kappa shape index (κ2) is 9.84. The first kappa shape index (κ1) is 23.3. The van der Waals surface area contributed by atoms with Gasteiger partial charge in [-0.2, -0.15) is 0 Å². The Morgan fingerprint density at radius 3 is 2.38 bits per heavy atom. The summed E-state index contributed by atoms with van der Waals surface area (Å²) in [5, 5.41) is 12.7. The normalized spacial score (nSPS) is 10.9. The summed E-state index contributed by atoms with van der Waals surface area (Å²) in [5.41, 5.74) is 0.321. The van der Waals surface area contributed by atoms with Gasteiger partial charge in [0.15, 0.2) is 11.7 Å². The summed E-state index contributed by atoms with van der Waals surface area (Å²) in [6, 6.07) is 11.5. The van der Waals surface area contributed by atoms with E-state index in [1.807, 2.05) is 0 Å². The average molecular weight is 541 g/mol. The Morgan fingerprint density at radius 2 is 1.78 bits per heavy atom. The number of benzene rings is 2. The van der Waals surface area contributed by atoms with Crippen molar-refractivity contribution in [3.8, 4) is 0 Å². The molecular formula is C18H13BrN4O7S2. The number of amides is 1. The van der Waals surface area contributed by atoms with E-state index >= 15 is 0 Å². The smallest absolute Gasteiger partial charge is 0.345 e. The van der Waals surface area contributed by atoms with Gasteiger partial charge in [-0.15, -0.1) is 0 Å². The van der Waals surface area contributed by atoms with Gasteiger partial charge in [0.2, 0.25) is 0 Å². The number of halogens is 1. The van der Waals surface area contributed by atoms with E-state index < -0.39 is 33.4 Å². The molecule has 2 aromatic carbocycles. The number of carbonyl (C=O) groups is 2. The van der Waals surface area contributed by atoms with Crippen molar-refractivity contribution in [2.45, 2.75) is 4.90 Å². The van der Waals surface area contributed by atoms with Gasteiger partial charge in [0.25, 0.3) is 15.9 Å². The summed E-state index contributed by atoms with van der Waals surface area (Å²) in [7, 11) is -3.81. The predicted molar refractivity (Wildman–Crippen MR) is 119 cm³/mol. The Bertz CT molecular complexity index is 1260. The average Bonchev–Trinajstić information content (AvgIpc) is 3.21. The fraction of sp³-hybridized carbons (Fsp3) is 0.0556. The third-order valence-electron chi connectivity index (χ3n) is 3.75. The molecule has 1 heterocycles. The number of thiazole rings is 1. The molecule has 0 saturated carbocycles. The van der Waals surface area contributed by atoms with Crippen LogP contribution in [0.25, 0.3) is 0 Å². The third kappa shape index (κ3) is 6.09. The van der Waals surface area contributed by atoms with Gasteiger partial charge in [0.05, 0.1) is 15.4 Å². The summed E-state index contributed by atoms with van der Waals surface area (Å²) in [6.07, 6.45) is 0.999. The molecule has 0 unspecified atom stereocenters. The maximum atomic E-state index is 12.4. The number of hydrogen-bond acceptors (Lipinski definition) is 9. The van der Waals surface area contributed by atoms with Crippen LogP contribution in [0.5, 0.6) is 0 Å². The van der Waals surface area contributed by atoms with Crippen molar-refractivity contribution in [3.05, 3.63) is 74.9 Å². The van der Waals surface area contributed by atoms with E-state index in [-0.39, 0.29) is 26.3 Å². The highest BCUT2D eigenvalue weighted by molar-refractivity contribution is 9.10. The van der Waals surface area contributed by atoms with Gasteiger partial charge in [-0.05, 0) is 59.9 Å². The SMILES string of the molecule is O=C(COC(=O)c1ccc(NS(=O)(=O)c2ccc(Br)cc2)cc1)Nc1ncc([N+](=O)[O-])s1. The fourth-order valence-corrected chi connectivity index (χ4v) is 4.25. The zero-order chi connectivity index (χ0) is 23.3. The second-order valence-corrected chi connectivity index (χ2v) is 9.63. The van der Waals surface area contributed by atoms with Crippen LogP contribution >= 0.6 is 27.3 Å². The highest BCUT2D eigenvalue weighted by Crippen LogP contribution is 2.24. The van der Waals surface area contributed by atoms with Crippen LogP contribution in [-0.4, -0.2) is 36.8 Å². The Balaban J connectivity index is 1.54. The molecule has 0 radical (unpaired) electrons. The van der Waals surface area contributed by atoms with Crippen LogP contribution in [0.15, 0.2) is 64.1 Å². The topological polar surface area (TPSA) is 158 Å². The Morgan fingerprint density at radius 1 is 1.12 bits per heavy atom. The van der Waals surface area contributed by atoms with Crippen molar-refractivity contribution in [1.82, 2.24) is 4.98 Å². The Hall–Kier alpha value is -3.36. The molecule has 0 aliphatic heterocycles. The molecule has 0 aliphatic carbocycles. The maximum Gasteiger partial charge on any atom is 0.345 e. The molecule has 0 bridgehead atoms. The number of aromatic nitrogens is 1. The van der Waals surface area contributed by atoms with Crippen molar-refractivity contribution in [3.63, 3.8) is 0 Å². The molecule has 2 N–H and O–H groups in total. The first-order valence-electron chi connectivity index (χ1n) is 8.60. The zero-order valence-corrected chi connectivity index (χ0v) is 19.1. The van der Waals surface area contributed by atoms with Crippen molar-refractivity contribution in [2.75, 3.05) is 16.6 Å². The number of rotatable bonds is 8. The van der Waals surface area contributed by atoms with E-state index in [1.54, 1.807) is 12.1 Å². The number of esters is 1. The Labute approximate surface area is 193 Å². The van der Waals surface area contributed by atoms with Crippen LogP contribution in [0.4, 0.5) is 15.8 Å². The molecule has 14 heteroatoms. The zero-order valence-electron chi connectivity index (χ0n) is 15.8. The molecule has 0 aliphatic rings. The largest absolute Gasteiger partial charge is 0.452 e. The minimum Gasteiger partial charge on any atom is -0.452 e. The van der Waals surface area contributed by atoms with Crippen LogP contribution in [0, 0.1) is 10.1 Å². The number of nitrogens with zero attached hydrogens (tertiary/aromatic N) is 2. The lowest BCUT2D eigenvalue weighted by atomic mass is 10.2. The molecule has 1 aromatic heterocycles. The molecule has 3 aromatic rings. The first-order valence-corrected chi connectivity index (χ1v) is 11.7. The van der Waals surface area contributed by atoms with E-state index in [0.717, 1.165) is 10.7 Å². The van der Waals surface area contributed by atoms with Crippen LogP contribution < -0.4 is 10.0 Å². The minimum atomic E-state index is -3.81. The molecule has 3 rings (SSSR count). The lowest BCUT2D eigenvalue weighted by Gasteiger charge is -2.09. The molecule has 11 nitrogen and oxygen atoms in total. The van der Waals surface area contributed by atoms with Crippen LogP contribution in [-0.2, 0) is 19.6 Å². The third-order valence-corrected chi connectivity index (χ3v) is 6.54.